The second-order valence-electron chi connectivity index (χ2n) is 2.61. The highest BCUT2D eigenvalue weighted by Gasteiger charge is 1.98. The Morgan fingerprint density at radius 1 is 1.58 bits per heavy atom. The van der Waals surface area contributed by atoms with Crippen LogP contribution in [0.4, 0.5) is 0 Å². The average molecular weight is 196 g/mol. The van der Waals surface area contributed by atoms with Crippen LogP contribution in [-0.2, 0) is 9.09 Å². The van der Waals surface area contributed by atoms with Crippen LogP contribution in [-0.4, -0.2) is 36.7 Å². The van der Waals surface area contributed by atoms with E-state index in [1.54, 1.807) is 0 Å². The van der Waals surface area contributed by atoms with E-state index in [0.717, 1.165) is 19.4 Å². The van der Waals surface area contributed by atoms with Gasteiger partial charge in [0.2, 0.25) is 0 Å². The molecule has 0 fully saturated rings. The zero-order chi connectivity index (χ0) is 9.40. The van der Waals surface area contributed by atoms with Gasteiger partial charge in [-0.3, -0.25) is 14.0 Å². The maximum atomic E-state index is 10.2. The van der Waals surface area contributed by atoms with E-state index in [9.17, 15) is 4.57 Å². The topological polar surface area (TPSA) is 75.8 Å². The zero-order valence-corrected chi connectivity index (χ0v) is 8.32. The number of nitrogens with two attached hydrogens (primary N) is 1. The molecule has 0 spiro atoms. The van der Waals surface area contributed by atoms with E-state index in [-0.39, 0.29) is 6.73 Å². The summed E-state index contributed by atoms with van der Waals surface area (Å²) >= 11 is 0. The van der Waals surface area contributed by atoms with Crippen LogP contribution in [0.25, 0.3) is 0 Å². The van der Waals surface area contributed by atoms with E-state index in [1.165, 1.54) is 0 Å². The lowest BCUT2D eigenvalue weighted by Crippen LogP contribution is -2.22. The molecule has 0 aliphatic heterocycles. The van der Waals surface area contributed by atoms with Crippen molar-refractivity contribution in [3.8, 4) is 0 Å². The molecule has 0 aromatic heterocycles. The van der Waals surface area contributed by atoms with Crippen LogP contribution in [0.3, 0.4) is 0 Å². The van der Waals surface area contributed by atoms with Crippen molar-refractivity contribution in [2.24, 2.45) is 5.73 Å². The predicted molar refractivity (Wildman–Crippen MR) is 48.1 cm³/mol. The number of hydrogen-bond acceptors (Lipinski definition) is 4. The molecule has 12 heavy (non-hydrogen) atoms. The summed E-state index contributed by atoms with van der Waals surface area (Å²) in [6.07, 6.45) is 1.96. The summed E-state index contributed by atoms with van der Waals surface area (Å²) in [5.74, 6) is 0. The van der Waals surface area contributed by atoms with E-state index < -0.39 is 8.25 Å². The lowest BCUT2D eigenvalue weighted by molar-refractivity contribution is 0.144. The van der Waals surface area contributed by atoms with E-state index in [1.807, 2.05) is 11.9 Å². The number of nitrogens with zero attached hydrogens (tertiary/aromatic N) is 1. The Morgan fingerprint density at radius 2 is 2.25 bits per heavy atom. The molecule has 0 rings (SSSR count). The van der Waals surface area contributed by atoms with Gasteiger partial charge < -0.3 is 10.6 Å². The molecule has 5 nitrogen and oxygen atoms in total. The summed E-state index contributed by atoms with van der Waals surface area (Å²) in [6, 6.07) is 0. The summed E-state index contributed by atoms with van der Waals surface area (Å²) in [5, 5.41) is 0. The van der Waals surface area contributed by atoms with Crippen LogP contribution in [0.15, 0.2) is 0 Å². The first-order chi connectivity index (χ1) is 5.66. The summed E-state index contributed by atoms with van der Waals surface area (Å²) < 4.78 is 14.7. The Hall–Kier alpha value is 0.0700. The molecule has 1 unspecified atom stereocenters. The largest absolute Gasteiger partial charge is 0.330 e. The van der Waals surface area contributed by atoms with Gasteiger partial charge in [-0.1, -0.05) is 0 Å². The molecule has 0 radical (unpaired) electrons. The van der Waals surface area contributed by atoms with Gasteiger partial charge in [0.25, 0.3) is 0 Å². The standard InChI is InChI=1S/C6H17N2O3P/c1-8(5-3-2-4-7)6-11-12(9)10/h12H,2-7H2,1H3,(H,9,10). The summed E-state index contributed by atoms with van der Waals surface area (Å²) in [6.45, 7) is 1.73. The van der Waals surface area contributed by atoms with E-state index in [2.05, 4.69) is 4.52 Å². The van der Waals surface area contributed by atoms with Gasteiger partial charge in [0, 0.05) is 6.54 Å². The van der Waals surface area contributed by atoms with Gasteiger partial charge >= 0.3 is 8.25 Å². The van der Waals surface area contributed by atoms with Crippen LogP contribution >= 0.6 is 8.25 Å². The van der Waals surface area contributed by atoms with E-state index in [4.69, 9.17) is 10.6 Å². The third-order valence-corrected chi connectivity index (χ3v) is 1.78. The number of unbranched alkanes of at least 4 members (excludes halogenated alkanes) is 1. The zero-order valence-electron chi connectivity index (χ0n) is 7.32. The third-order valence-electron chi connectivity index (χ3n) is 1.40. The Kier molecular flexibility index (Phi) is 7.75. The van der Waals surface area contributed by atoms with Crippen LogP contribution in [0.5, 0.6) is 0 Å². The molecule has 0 heterocycles. The van der Waals surface area contributed by atoms with Crippen molar-refractivity contribution in [2.75, 3.05) is 26.9 Å². The van der Waals surface area contributed by atoms with Crippen molar-refractivity contribution in [2.45, 2.75) is 12.8 Å². The fourth-order valence-electron chi connectivity index (χ4n) is 0.756. The van der Waals surface area contributed by atoms with Gasteiger partial charge in [-0.15, -0.1) is 0 Å². The van der Waals surface area contributed by atoms with Gasteiger partial charge in [-0.05, 0) is 26.4 Å². The van der Waals surface area contributed by atoms with Gasteiger partial charge in [0.05, 0.1) is 0 Å². The lowest BCUT2D eigenvalue weighted by atomic mass is 10.3. The van der Waals surface area contributed by atoms with Gasteiger partial charge in [0.1, 0.15) is 6.73 Å². The summed E-state index contributed by atoms with van der Waals surface area (Å²) in [4.78, 5) is 10.2. The second kappa shape index (κ2) is 7.71. The molecule has 0 amide bonds. The van der Waals surface area contributed by atoms with Crippen molar-refractivity contribution in [3.63, 3.8) is 0 Å². The van der Waals surface area contributed by atoms with E-state index in [0.29, 0.717) is 6.54 Å². The van der Waals surface area contributed by atoms with Crippen molar-refractivity contribution < 1.29 is 14.0 Å². The minimum Gasteiger partial charge on any atom is -0.330 e. The van der Waals surface area contributed by atoms with Crippen LogP contribution in [0, 0.1) is 0 Å². The molecule has 0 aromatic rings. The third kappa shape index (κ3) is 8.17. The quantitative estimate of drug-likeness (QED) is 0.341. The highest BCUT2D eigenvalue weighted by molar-refractivity contribution is 7.32. The fourth-order valence-corrected chi connectivity index (χ4v) is 1.09. The van der Waals surface area contributed by atoms with Crippen molar-refractivity contribution in [1.82, 2.24) is 4.90 Å². The molecule has 74 valence electrons. The molecule has 0 aliphatic carbocycles. The average Bonchev–Trinajstić information content (AvgIpc) is 2.01. The molecule has 0 saturated carbocycles. The van der Waals surface area contributed by atoms with Crippen molar-refractivity contribution in [1.29, 1.82) is 0 Å². The molecule has 3 N–H and O–H groups in total. The van der Waals surface area contributed by atoms with E-state index >= 15 is 0 Å². The maximum absolute atomic E-state index is 10.2. The van der Waals surface area contributed by atoms with Gasteiger partial charge in [0.15, 0.2) is 0 Å². The fraction of sp³-hybridized carbons (Fsp3) is 1.00. The molecule has 0 aliphatic rings. The Morgan fingerprint density at radius 3 is 2.75 bits per heavy atom. The van der Waals surface area contributed by atoms with Crippen LogP contribution in [0.1, 0.15) is 12.8 Å². The monoisotopic (exact) mass is 196 g/mol. The van der Waals surface area contributed by atoms with Crippen molar-refractivity contribution in [3.05, 3.63) is 0 Å². The molecular weight excluding hydrogens is 179 g/mol. The minimum atomic E-state index is -2.78. The van der Waals surface area contributed by atoms with Gasteiger partial charge in [-0.2, -0.15) is 0 Å². The SMILES string of the molecule is CN(CCCCN)CO[PH](=O)O. The number of hydrogen-bond donors (Lipinski definition) is 2. The van der Waals surface area contributed by atoms with Crippen LogP contribution in [0.2, 0.25) is 0 Å². The first kappa shape index (κ1) is 12.1. The maximum Gasteiger partial charge on any atom is 0.317 e. The van der Waals surface area contributed by atoms with Crippen LogP contribution < -0.4 is 5.73 Å². The summed E-state index contributed by atoms with van der Waals surface area (Å²) in [7, 11) is -0.941. The first-order valence-electron chi connectivity index (χ1n) is 3.91. The normalized spacial score (nSPS) is 13.7. The Balaban J connectivity index is 3.21. The summed E-state index contributed by atoms with van der Waals surface area (Å²) in [5.41, 5.74) is 5.30. The molecule has 1 atom stereocenters. The Bertz CT molecular complexity index is 134. The van der Waals surface area contributed by atoms with Crippen molar-refractivity contribution >= 4 is 8.25 Å². The number of rotatable bonds is 7. The van der Waals surface area contributed by atoms with Gasteiger partial charge in [-0.25, -0.2) is 0 Å². The first-order valence-corrected chi connectivity index (χ1v) is 5.17. The predicted octanol–water partition coefficient (Wildman–Crippen LogP) is 0.0132. The minimum absolute atomic E-state index is 0.207. The smallest absolute Gasteiger partial charge is 0.317 e. The molecule has 6 heteroatoms. The highest BCUT2D eigenvalue weighted by atomic mass is 31.1. The second-order valence-corrected chi connectivity index (χ2v) is 3.44. The highest BCUT2D eigenvalue weighted by Crippen LogP contribution is 2.13. The molecular formula is C6H17N2O3P. The Labute approximate surface area is 73.4 Å². The molecule has 0 aromatic carbocycles. The molecule has 0 bridgehead atoms. The lowest BCUT2D eigenvalue weighted by Gasteiger charge is -2.14. The molecule has 0 saturated heterocycles.